The lowest BCUT2D eigenvalue weighted by atomic mass is 9.93. The molecule has 4 nitrogen and oxygen atoms in total. The first kappa shape index (κ1) is 12.8. The first-order valence-corrected chi connectivity index (χ1v) is 6.36. The van der Waals surface area contributed by atoms with Crippen molar-refractivity contribution in [1.82, 2.24) is 5.32 Å². The summed E-state index contributed by atoms with van der Waals surface area (Å²) in [6.45, 7) is 0. The van der Waals surface area contributed by atoms with Crippen molar-refractivity contribution in [2.75, 3.05) is 12.4 Å². The van der Waals surface area contributed by atoms with E-state index in [9.17, 15) is 4.79 Å². The van der Waals surface area contributed by atoms with Crippen molar-refractivity contribution in [3.05, 3.63) is 24.3 Å². The molecule has 2 rings (SSSR count). The number of rotatable bonds is 3. The zero-order chi connectivity index (χ0) is 13.0. The highest BCUT2D eigenvalue weighted by atomic mass is 32.1. The molecule has 0 unspecified atom stereocenters. The summed E-state index contributed by atoms with van der Waals surface area (Å²) in [5.74, 6) is 0.491. The Morgan fingerprint density at radius 2 is 2.00 bits per heavy atom. The molecule has 0 spiro atoms. The van der Waals surface area contributed by atoms with Crippen molar-refractivity contribution in [3.63, 3.8) is 0 Å². The highest BCUT2D eigenvalue weighted by Gasteiger charge is 2.20. The van der Waals surface area contributed by atoms with E-state index in [2.05, 4.69) is 10.6 Å². The molecular weight excluding hydrogens is 248 g/mol. The lowest BCUT2D eigenvalue weighted by Gasteiger charge is -2.27. The van der Waals surface area contributed by atoms with Crippen LogP contribution in [0.3, 0.4) is 0 Å². The van der Waals surface area contributed by atoms with Gasteiger partial charge in [-0.25, -0.2) is 0 Å². The molecule has 5 heteroatoms. The average molecular weight is 264 g/mol. The predicted molar refractivity (Wildman–Crippen MR) is 75.0 cm³/mol. The molecule has 1 fully saturated rings. The van der Waals surface area contributed by atoms with E-state index in [1.807, 2.05) is 0 Å². The molecule has 1 aromatic rings. The summed E-state index contributed by atoms with van der Waals surface area (Å²) >= 11 is 5.05. The number of anilines is 1. The number of carbonyl (C=O) groups is 1. The van der Waals surface area contributed by atoms with E-state index < -0.39 is 0 Å². The molecule has 1 aliphatic rings. The van der Waals surface area contributed by atoms with Gasteiger partial charge >= 0.3 is 0 Å². The summed E-state index contributed by atoms with van der Waals surface area (Å²) in [7, 11) is 1.60. The molecule has 0 aliphatic heterocycles. The summed E-state index contributed by atoms with van der Waals surface area (Å²) < 4.78 is 5.05. The molecule has 0 aromatic heterocycles. The second kappa shape index (κ2) is 5.82. The number of carbonyl (C=O) groups excluding carboxylic acids is 1. The zero-order valence-corrected chi connectivity index (χ0v) is 11.0. The molecule has 2 N–H and O–H groups in total. The third-order valence-electron chi connectivity index (χ3n) is 2.99. The summed E-state index contributed by atoms with van der Waals surface area (Å²) in [5.41, 5.74) is 0.707. The maximum atomic E-state index is 11.8. The third-order valence-corrected chi connectivity index (χ3v) is 3.30. The van der Waals surface area contributed by atoms with Gasteiger partial charge in [0.25, 0.3) is 5.91 Å². The number of hydrogen-bond donors (Lipinski definition) is 2. The van der Waals surface area contributed by atoms with E-state index >= 15 is 0 Å². The van der Waals surface area contributed by atoms with Gasteiger partial charge in [0, 0.05) is 11.7 Å². The van der Waals surface area contributed by atoms with Gasteiger partial charge in [-0.1, -0.05) is 12.2 Å². The van der Waals surface area contributed by atoms with Crippen molar-refractivity contribution in [1.29, 1.82) is 0 Å². The topological polar surface area (TPSA) is 50.4 Å². The van der Waals surface area contributed by atoms with Gasteiger partial charge in [-0.3, -0.25) is 4.79 Å². The van der Waals surface area contributed by atoms with Crippen molar-refractivity contribution in [2.45, 2.75) is 25.3 Å². The smallest absolute Gasteiger partial charge is 0.283 e. The van der Waals surface area contributed by atoms with Crippen LogP contribution in [-0.4, -0.2) is 24.0 Å². The van der Waals surface area contributed by atoms with E-state index in [1.165, 1.54) is 6.42 Å². The zero-order valence-electron chi connectivity index (χ0n) is 10.2. The van der Waals surface area contributed by atoms with Gasteiger partial charge in [0.15, 0.2) is 4.99 Å². The van der Waals surface area contributed by atoms with E-state index in [-0.39, 0.29) is 10.9 Å². The molecule has 0 bridgehead atoms. The molecule has 18 heavy (non-hydrogen) atoms. The van der Waals surface area contributed by atoms with Crippen LogP contribution in [-0.2, 0) is 4.79 Å². The molecule has 96 valence electrons. The number of amides is 1. The van der Waals surface area contributed by atoms with Gasteiger partial charge in [0.05, 0.1) is 7.11 Å². The Morgan fingerprint density at radius 1 is 1.33 bits per heavy atom. The van der Waals surface area contributed by atoms with Gasteiger partial charge in [-0.2, -0.15) is 0 Å². The van der Waals surface area contributed by atoms with Crippen molar-refractivity contribution >= 4 is 28.8 Å². The summed E-state index contributed by atoms with van der Waals surface area (Å²) in [4.78, 5) is 12.1. The van der Waals surface area contributed by atoms with Gasteiger partial charge < -0.3 is 15.4 Å². The predicted octanol–water partition coefficient (Wildman–Crippen LogP) is 2.10. The quantitative estimate of drug-likeness (QED) is 0.821. The van der Waals surface area contributed by atoms with Gasteiger partial charge in [-0.05, 0) is 43.5 Å². The molecule has 1 aromatic carbocycles. The fourth-order valence-electron chi connectivity index (χ4n) is 1.67. The maximum Gasteiger partial charge on any atom is 0.283 e. The lowest BCUT2D eigenvalue weighted by Crippen LogP contribution is -2.43. The van der Waals surface area contributed by atoms with Crippen LogP contribution in [0.5, 0.6) is 5.75 Å². The van der Waals surface area contributed by atoms with Crippen LogP contribution in [0.15, 0.2) is 24.3 Å². The maximum absolute atomic E-state index is 11.8. The summed E-state index contributed by atoms with van der Waals surface area (Å²) in [6, 6.07) is 7.51. The van der Waals surface area contributed by atoms with Crippen LogP contribution < -0.4 is 15.4 Å². The van der Waals surface area contributed by atoms with Crippen LogP contribution in [0, 0.1) is 0 Å². The highest BCUT2D eigenvalue weighted by molar-refractivity contribution is 7.82. The molecule has 1 saturated carbocycles. The first-order valence-electron chi connectivity index (χ1n) is 5.95. The number of thiocarbonyl (C=S) groups is 1. The van der Waals surface area contributed by atoms with E-state index in [0.29, 0.717) is 11.7 Å². The molecule has 0 heterocycles. The number of hydrogen-bond acceptors (Lipinski definition) is 3. The van der Waals surface area contributed by atoms with Crippen LogP contribution in [0.4, 0.5) is 5.69 Å². The molecule has 1 aliphatic carbocycles. The summed E-state index contributed by atoms with van der Waals surface area (Å²) in [5, 5.41) is 5.80. The Hall–Kier alpha value is -1.62. The standard InChI is InChI=1S/C13H16N2O2S/c1-17-11-7-5-10(6-8-11)14-12(16)13(18)15-9-3-2-4-9/h5-9H,2-4H2,1H3,(H,14,16)(H,15,18). The second-order valence-corrected chi connectivity index (χ2v) is 4.69. The minimum absolute atomic E-state index is 0.260. The normalized spacial score (nSPS) is 14.5. The molecular formula is C13H16N2O2S. The van der Waals surface area contributed by atoms with Crippen molar-refractivity contribution < 1.29 is 9.53 Å². The fraction of sp³-hybridized carbons (Fsp3) is 0.385. The van der Waals surface area contributed by atoms with Gasteiger partial charge in [-0.15, -0.1) is 0 Å². The number of nitrogens with one attached hydrogen (secondary N) is 2. The van der Waals surface area contributed by atoms with Crippen molar-refractivity contribution in [2.24, 2.45) is 0 Å². The Labute approximate surface area is 112 Å². The monoisotopic (exact) mass is 264 g/mol. The first-order chi connectivity index (χ1) is 8.69. The summed E-state index contributed by atoms with van der Waals surface area (Å²) in [6.07, 6.45) is 3.40. The van der Waals surface area contributed by atoms with E-state index in [4.69, 9.17) is 17.0 Å². The Kier molecular flexibility index (Phi) is 4.15. The van der Waals surface area contributed by atoms with Gasteiger partial charge in [0.1, 0.15) is 5.75 Å². The molecule has 0 saturated heterocycles. The Balaban J connectivity index is 1.86. The SMILES string of the molecule is COc1ccc(NC(=O)C(=S)NC2CCC2)cc1. The number of ether oxygens (including phenoxy) is 1. The number of benzene rings is 1. The highest BCUT2D eigenvalue weighted by Crippen LogP contribution is 2.18. The van der Waals surface area contributed by atoms with Crippen LogP contribution >= 0.6 is 12.2 Å². The van der Waals surface area contributed by atoms with Crippen LogP contribution in [0.2, 0.25) is 0 Å². The van der Waals surface area contributed by atoms with E-state index in [0.717, 1.165) is 18.6 Å². The minimum atomic E-state index is -0.262. The second-order valence-electron chi connectivity index (χ2n) is 4.28. The molecule has 0 radical (unpaired) electrons. The minimum Gasteiger partial charge on any atom is -0.497 e. The average Bonchev–Trinajstić information content (AvgIpc) is 2.34. The third kappa shape index (κ3) is 3.20. The van der Waals surface area contributed by atoms with Crippen LogP contribution in [0.25, 0.3) is 0 Å². The van der Waals surface area contributed by atoms with Gasteiger partial charge in [0.2, 0.25) is 0 Å². The van der Waals surface area contributed by atoms with Crippen molar-refractivity contribution in [3.8, 4) is 5.75 Å². The molecule has 0 atom stereocenters. The Morgan fingerprint density at radius 3 is 2.50 bits per heavy atom. The lowest BCUT2D eigenvalue weighted by molar-refractivity contribution is -0.110. The van der Waals surface area contributed by atoms with Crippen LogP contribution in [0.1, 0.15) is 19.3 Å². The van der Waals surface area contributed by atoms with E-state index in [1.54, 1.807) is 31.4 Å². The Bertz CT molecular complexity index is 441. The fourth-order valence-corrected chi connectivity index (χ4v) is 1.88. The largest absolute Gasteiger partial charge is 0.497 e. The number of methoxy groups -OCH3 is 1. The molecule has 1 amide bonds.